The van der Waals surface area contributed by atoms with Crippen LogP contribution in [0.25, 0.3) is 0 Å². The number of anilines is 2. The van der Waals surface area contributed by atoms with Crippen LogP contribution < -0.4 is 11.1 Å². The molecule has 0 spiro atoms. The van der Waals surface area contributed by atoms with Gasteiger partial charge in [-0.05, 0) is 6.07 Å². The minimum Gasteiger partial charge on any atom is -0.366 e. The summed E-state index contributed by atoms with van der Waals surface area (Å²) in [7, 11) is 0. The van der Waals surface area contributed by atoms with Gasteiger partial charge in [0.1, 0.15) is 0 Å². The molecule has 0 radical (unpaired) electrons. The minimum atomic E-state index is -0.935. The predicted octanol–water partition coefficient (Wildman–Crippen LogP) is 0.686. The average Bonchev–Trinajstić information content (AvgIpc) is 2.78. The number of nitro benzene ring substituents is 1. The van der Waals surface area contributed by atoms with Gasteiger partial charge in [0.05, 0.1) is 4.92 Å². The van der Waals surface area contributed by atoms with Crippen molar-refractivity contribution >= 4 is 23.2 Å². The number of carbonyl (C=O) groups excluding carboxylic acids is 1. The Bertz CT molecular complexity index is 655. The molecule has 0 aliphatic heterocycles. The molecule has 10 heteroatoms. The van der Waals surface area contributed by atoms with Gasteiger partial charge in [-0.25, -0.2) is 4.39 Å². The maximum Gasteiger partial charge on any atom is 0.295 e. The zero-order valence-electron chi connectivity index (χ0n) is 9.25. The Morgan fingerprint density at radius 3 is 2.84 bits per heavy atom. The van der Waals surface area contributed by atoms with Crippen LogP contribution in [0.1, 0.15) is 10.6 Å². The van der Waals surface area contributed by atoms with Crippen LogP contribution in [0.4, 0.5) is 21.7 Å². The lowest BCUT2D eigenvalue weighted by atomic mass is 10.2. The van der Waals surface area contributed by atoms with E-state index in [1.165, 1.54) is 0 Å². The van der Waals surface area contributed by atoms with Crippen LogP contribution in [0.3, 0.4) is 0 Å². The van der Waals surface area contributed by atoms with Crippen molar-refractivity contribution in [1.82, 2.24) is 15.2 Å². The number of halogens is 1. The summed E-state index contributed by atoms with van der Waals surface area (Å²) in [6.07, 6.45) is 0. The van der Waals surface area contributed by atoms with Gasteiger partial charge < -0.3 is 11.1 Å². The number of amides is 1. The maximum atomic E-state index is 13.5. The van der Waals surface area contributed by atoms with E-state index in [0.717, 1.165) is 18.2 Å². The number of aromatic nitrogens is 3. The van der Waals surface area contributed by atoms with Gasteiger partial charge in [0.2, 0.25) is 11.8 Å². The summed E-state index contributed by atoms with van der Waals surface area (Å²) in [4.78, 5) is 25.1. The fourth-order valence-electron chi connectivity index (χ4n) is 1.34. The van der Waals surface area contributed by atoms with Crippen molar-refractivity contribution < 1.29 is 14.1 Å². The molecule has 9 nitrogen and oxygen atoms in total. The minimum absolute atomic E-state index is 0.173. The normalized spacial score (nSPS) is 10.2. The van der Waals surface area contributed by atoms with Crippen molar-refractivity contribution in [2.45, 2.75) is 0 Å². The number of nitrogens with two attached hydrogens (primary N) is 1. The predicted molar refractivity (Wildman–Crippen MR) is 61.8 cm³/mol. The zero-order valence-corrected chi connectivity index (χ0v) is 9.25. The second-order valence-electron chi connectivity index (χ2n) is 3.39. The van der Waals surface area contributed by atoms with E-state index in [4.69, 9.17) is 5.73 Å². The highest BCUT2D eigenvalue weighted by atomic mass is 19.1. The summed E-state index contributed by atoms with van der Waals surface area (Å²) in [6, 6.07) is 3.21. The Morgan fingerprint density at radius 1 is 1.53 bits per heavy atom. The summed E-state index contributed by atoms with van der Waals surface area (Å²) >= 11 is 0. The van der Waals surface area contributed by atoms with Crippen molar-refractivity contribution in [3.05, 3.63) is 40.0 Å². The Morgan fingerprint density at radius 2 is 2.26 bits per heavy atom. The molecule has 0 bridgehead atoms. The SMILES string of the molecule is Nc1n[nH]c(C(=O)Nc2c(F)cccc2[N+](=O)[O-])n1. The largest absolute Gasteiger partial charge is 0.366 e. The van der Waals surface area contributed by atoms with Crippen LogP contribution >= 0.6 is 0 Å². The third-order valence-electron chi connectivity index (χ3n) is 2.14. The number of para-hydroxylation sites is 1. The first kappa shape index (κ1) is 12.4. The third-order valence-corrected chi connectivity index (χ3v) is 2.14. The first-order valence-corrected chi connectivity index (χ1v) is 4.91. The van der Waals surface area contributed by atoms with E-state index in [0.29, 0.717) is 0 Å². The molecule has 1 amide bonds. The summed E-state index contributed by atoms with van der Waals surface area (Å²) in [5.74, 6) is -2.28. The molecule has 98 valence electrons. The van der Waals surface area contributed by atoms with E-state index in [1.54, 1.807) is 0 Å². The lowest BCUT2D eigenvalue weighted by Gasteiger charge is -2.04. The molecule has 0 saturated carbocycles. The molecule has 0 fully saturated rings. The number of hydrogen-bond donors (Lipinski definition) is 3. The Balaban J connectivity index is 2.33. The fraction of sp³-hybridized carbons (Fsp3) is 0. The highest BCUT2D eigenvalue weighted by Crippen LogP contribution is 2.27. The quantitative estimate of drug-likeness (QED) is 0.551. The molecule has 2 rings (SSSR count). The second kappa shape index (κ2) is 4.68. The molecule has 1 aromatic carbocycles. The number of nitro groups is 1. The number of rotatable bonds is 3. The Labute approximate surface area is 104 Å². The molecule has 0 atom stereocenters. The first-order chi connectivity index (χ1) is 8.99. The van der Waals surface area contributed by atoms with E-state index >= 15 is 0 Å². The summed E-state index contributed by atoms with van der Waals surface area (Å²) in [6.45, 7) is 0. The molecular weight excluding hydrogens is 259 g/mol. The molecule has 1 heterocycles. The molecule has 0 saturated heterocycles. The maximum absolute atomic E-state index is 13.5. The number of nitrogen functional groups attached to an aromatic ring is 1. The highest BCUT2D eigenvalue weighted by molar-refractivity contribution is 6.03. The molecular formula is C9H7FN6O3. The van der Waals surface area contributed by atoms with Gasteiger partial charge >= 0.3 is 0 Å². The zero-order chi connectivity index (χ0) is 14.0. The summed E-state index contributed by atoms with van der Waals surface area (Å²) in [5, 5.41) is 18.4. The van der Waals surface area contributed by atoms with Gasteiger partial charge in [-0.3, -0.25) is 20.0 Å². The van der Waals surface area contributed by atoms with Crippen LogP contribution in [-0.2, 0) is 0 Å². The lowest BCUT2D eigenvalue weighted by molar-refractivity contribution is -0.384. The Kier molecular flexibility index (Phi) is 3.06. The molecule has 1 aromatic heterocycles. The van der Waals surface area contributed by atoms with Gasteiger partial charge in [-0.2, -0.15) is 4.98 Å². The average molecular weight is 266 g/mol. The van der Waals surface area contributed by atoms with Crippen LogP contribution in [0, 0.1) is 15.9 Å². The number of nitrogens with one attached hydrogen (secondary N) is 2. The molecule has 19 heavy (non-hydrogen) atoms. The van der Waals surface area contributed by atoms with Crippen molar-refractivity contribution in [3.8, 4) is 0 Å². The number of benzene rings is 1. The first-order valence-electron chi connectivity index (χ1n) is 4.91. The van der Waals surface area contributed by atoms with E-state index in [2.05, 4.69) is 15.2 Å². The van der Waals surface area contributed by atoms with Gasteiger partial charge in [-0.15, -0.1) is 5.10 Å². The van der Waals surface area contributed by atoms with Crippen LogP contribution in [0.15, 0.2) is 18.2 Å². The number of carbonyl (C=O) groups is 1. The van der Waals surface area contributed by atoms with E-state index in [-0.39, 0.29) is 11.8 Å². The van der Waals surface area contributed by atoms with E-state index in [1.807, 2.05) is 5.32 Å². The van der Waals surface area contributed by atoms with E-state index < -0.39 is 28.0 Å². The van der Waals surface area contributed by atoms with E-state index in [9.17, 15) is 19.3 Å². The number of hydrogen-bond acceptors (Lipinski definition) is 6. The monoisotopic (exact) mass is 266 g/mol. The second-order valence-corrected chi connectivity index (χ2v) is 3.39. The number of nitrogens with zero attached hydrogens (tertiary/aromatic N) is 3. The summed E-state index contributed by atoms with van der Waals surface area (Å²) in [5.41, 5.74) is 4.08. The topological polar surface area (TPSA) is 140 Å². The number of aromatic amines is 1. The van der Waals surface area contributed by atoms with Crippen LogP contribution in [0.5, 0.6) is 0 Å². The van der Waals surface area contributed by atoms with Crippen LogP contribution in [-0.4, -0.2) is 26.0 Å². The standard InChI is InChI=1S/C9H7FN6O3/c10-4-2-1-3-5(16(18)19)6(4)12-8(17)7-13-9(11)15-14-7/h1-3H,(H,12,17)(H3,11,13,14,15). The van der Waals surface area contributed by atoms with Gasteiger partial charge in [0.25, 0.3) is 11.6 Å². The van der Waals surface area contributed by atoms with Crippen LogP contribution in [0.2, 0.25) is 0 Å². The van der Waals surface area contributed by atoms with Crippen molar-refractivity contribution in [3.63, 3.8) is 0 Å². The number of H-pyrrole nitrogens is 1. The van der Waals surface area contributed by atoms with Gasteiger partial charge in [0.15, 0.2) is 11.5 Å². The van der Waals surface area contributed by atoms with Crippen molar-refractivity contribution in [2.75, 3.05) is 11.1 Å². The molecule has 0 aliphatic carbocycles. The fourth-order valence-corrected chi connectivity index (χ4v) is 1.34. The van der Waals surface area contributed by atoms with Gasteiger partial charge in [0, 0.05) is 6.07 Å². The smallest absolute Gasteiger partial charge is 0.295 e. The molecule has 2 aromatic rings. The van der Waals surface area contributed by atoms with Gasteiger partial charge in [-0.1, -0.05) is 6.07 Å². The lowest BCUT2D eigenvalue weighted by Crippen LogP contribution is -2.16. The van der Waals surface area contributed by atoms with Crippen molar-refractivity contribution in [2.24, 2.45) is 0 Å². The summed E-state index contributed by atoms with van der Waals surface area (Å²) < 4.78 is 13.5. The third kappa shape index (κ3) is 2.46. The molecule has 0 aliphatic rings. The van der Waals surface area contributed by atoms with Crippen molar-refractivity contribution in [1.29, 1.82) is 0 Å². The molecule has 0 unspecified atom stereocenters. The molecule has 4 N–H and O–H groups in total. The Hall–Kier alpha value is -3.04. The highest BCUT2D eigenvalue weighted by Gasteiger charge is 2.21.